The highest BCUT2D eigenvalue weighted by Crippen LogP contribution is 2.68. The number of methoxy groups -OCH3 is 1. The van der Waals surface area contributed by atoms with E-state index in [2.05, 4.69) is 44.2 Å². The molecule has 3 aliphatic heterocycles. The number of urea groups is 1. The van der Waals surface area contributed by atoms with Crippen LogP contribution in [0.4, 0.5) is 16.6 Å². The Morgan fingerprint density at radius 2 is 1.42 bits per heavy atom. The van der Waals surface area contributed by atoms with Crippen LogP contribution in [0.15, 0.2) is 76.0 Å². The van der Waals surface area contributed by atoms with E-state index < -0.39 is 154 Å². The number of nitrogens with zero attached hydrogens (tertiary/aromatic N) is 8. The lowest BCUT2D eigenvalue weighted by molar-refractivity contribution is -0.646. The largest absolute Gasteiger partial charge is 0.756 e. The van der Waals surface area contributed by atoms with Gasteiger partial charge >= 0.3 is 40.7 Å². The zero-order valence-electron chi connectivity index (χ0n) is 42.7. The van der Waals surface area contributed by atoms with Crippen LogP contribution in [0.25, 0.3) is 22.3 Å². The van der Waals surface area contributed by atoms with Gasteiger partial charge in [0.1, 0.15) is 54.6 Å². The standard InChI is InChI=1S/C40H52N14O25P4/c1-51-17-54(33-25(51)34(59)50-38(42)49-33)35-26(56)19(11-44-39(60)43-10-18-6-4-3-5-7-18)20(74-35)12-72-81(64,65)78-83(68,69)79-82(66,67)73-14-22-29(30(70-2)37(76-22)53-16-47-24-31(41)45-15-46-32(24)53)77-80(62,63)71-13-21-27(57)28(58)36(75-21)52-9-8-23(55)48-40(52)61/h3-9,15-17,19-22,26-30,35-37,56-58H,10-14H2,1-2H3,(H11-,41,42,43,44,45,46,48,49,50,55,59,60,61,62,63,64,65,66,67,68,69)/t19-,20-,21-,22-,26-,27-,28-,29-,30-,35-,36-,37-/m1/s1. The Balaban J connectivity index is 0.872. The van der Waals surface area contributed by atoms with Gasteiger partial charge in [-0.25, -0.2) is 42.8 Å². The lowest BCUT2D eigenvalue weighted by Crippen LogP contribution is -2.43. The van der Waals surface area contributed by atoms with Crippen molar-refractivity contribution in [3.63, 3.8) is 0 Å². The first-order valence-corrected chi connectivity index (χ1v) is 30.0. The number of hydrogen-bond donors (Lipinski definition) is 12. The minimum atomic E-state index is -6.27. The van der Waals surface area contributed by atoms with Crippen molar-refractivity contribution in [2.45, 2.75) is 74.1 Å². The monoisotopic (exact) mass is 1250 g/mol. The molecule has 1 aromatic carbocycles. The molecule has 14 N–H and O–H groups in total. The lowest BCUT2D eigenvalue weighted by atomic mass is 9.98. The number of imidazole rings is 2. The first kappa shape index (κ1) is 61.5. The van der Waals surface area contributed by atoms with Crippen LogP contribution < -0.4 is 48.4 Å². The van der Waals surface area contributed by atoms with Crippen LogP contribution in [-0.2, 0) is 77.5 Å². The van der Waals surface area contributed by atoms with Crippen molar-refractivity contribution in [1.82, 2.24) is 54.2 Å². The number of nitrogens with one attached hydrogen (secondary N) is 4. The molecule has 83 heavy (non-hydrogen) atoms. The average molecular weight is 1250 g/mol. The highest BCUT2D eigenvalue weighted by molar-refractivity contribution is 7.66. The molecule has 16 atom stereocenters. The van der Waals surface area contributed by atoms with Crippen molar-refractivity contribution in [1.29, 1.82) is 0 Å². The zero-order valence-corrected chi connectivity index (χ0v) is 46.3. The summed E-state index contributed by atoms with van der Waals surface area (Å²) in [7, 11) is -21.4. The number of fused-ring (bicyclic) bond motifs is 2. The van der Waals surface area contributed by atoms with Crippen LogP contribution in [0, 0.1) is 5.92 Å². The van der Waals surface area contributed by atoms with Crippen molar-refractivity contribution in [2.24, 2.45) is 13.0 Å². The minimum Gasteiger partial charge on any atom is -0.756 e. The summed E-state index contributed by atoms with van der Waals surface area (Å²) in [4.78, 5) is 116. The lowest BCUT2D eigenvalue weighted by Gasteiger charge is -2.31. The molecule has 6 aromatic rings. The first-order chi connectivity index (χ1) is 39.1. The number of aromatic nitrogens is 10. The second-order valence-electron chi connectivity index (χ2n) is 18.4. The van der Waals surface area contributed by atoms with E-state index in [9.17, 15) is 72.3 Å². The highest BCUT2D eigenvalue weighted by atomic mass is 31.3. The summed E-state index contributed by atoms with van der Waals surface area (Å²) in [6.07, 6.45) is -14.3. The minimum absolute atomic E-state index is 0.0184. The number of aryl methyl sites for hydroxylation is 1. The van der Waals surface area contributed by atoms with Gasteiger partial charge in [0.25, 0.3) is 24.5 Å². The van der Waals surface area contributed by atoms with Gasteiger partial charge in [0.05, 0.1) is 39.3 Å². The Morgan fingerprint density at radius 1 is 0.771 bits per heavy atom. The Kier molecular flexibility index (Phi) is 18.1. The predicted molar refractivity (Wildman–Crippen MR) is 270 cm³/mol. The number of aliphatic hydroxyl groups excluding tert-OH is 3. The molecule has 5 aromatic heterocycles. The van der Waals surface area contributed by atoms with E-state index in [1.54, 1.807) is 30.3 Å². The van der Waals surface area contributed by atoms with Crippen molar-refractivity contribution in [3.8, 4) is 0 Å². The molecule has 8 heterocycles. The third-order valence-electron chi connectivity index (χ3n) is 12.9. The number of aliphatic hydroxyl groups is 3. The number of carbonyl (C=O) groups excluding carboxylic acids is 1. The summed E-state index contributed by atoms with van der Waals surface area (Å²) < 4.78 is 110. The molecular weight excluding hydrogens is 1200 g/mol. The van der Waals surface area contributed by atoms with Crippen molar-refractivity contribution in [2.75, 3.05) is 44.9 Å². The number of carbonyl (C=O) groups is 1. The number of hydrogen-bond acceptors (Lipinski definition) is 28. The second-order valence-corrected chi connectivity index (χ2v) is 24.4. The second kappa shape index (κ2) is 24.5. The van der Waals surface area contributed by atoms with Crippen LogP contribution in [0.5, 0.6) is 0 Å². The molecule has 0 spiro atoms. The van der Waals surface area contributed by atoms with E-state index in [0.29, 0.717) is 4.57 Å². The fourth-order valence-electron chi connectivity index (χ4n) is 9.17. The summed E-state index contributed by atoms with van der Waals surface area (Å²) in [5, 5.41) is 38.1. The smallest absolute Gasteiger partial charge is 0.490 e. The Labute approximate surface area is 463 Å². The fraction of sp³-hybridized carbons (Fsp3) is 0.475. The normalized spacial score (nSPS) is 28.4. The quantitative estimate of drug-likeness (QED) is 0.0217. The molecule has 9 rings (SSSR count). The van der Waals surface area contributed by atoms with E-state index in [-0.39, 0.29) is 40.6 Å². The number of anilines is 2. The molecule has 39 nitrogen and oxygen atoms in total. The summed E-state index contributed by atoms with van der Waals surface area (Å²) in [5.74, 6) is -1.66. The third kappa shape index (κ3) is 13.9. The number of aromatic amines is 2. The molecule has 2 amide bonds. The van der Waals surface area contributed by atoms with E-state index in [4.69, 9.17) is 48.5 Å². The average Bonchev–Trinajstić information content (AvgIpc) is 2.53. The Morgan fingerprint density at radius 3 is 2.11 bits per heavy atom. The van der Waals surface area contributed by atoms with Gasteiger partial charge in [-0.2, -0.15) is 18.2 Å². The topological polar surface area (TPSA) is 551 Å². The number of nitrogen functional groups attached to an aromatic ring is 2. The summed E-state index contributed by atoms with van der Waals surface area (Å²) in [6.45, 7) is -3.81. The maximum absolute atomic E-state index is 13.5. The SMILES string of the molecule is CO[C@@H]1[C@H](OP(=O)([O-])OC[C@H]2O[C@@H](n3ccc(=O)[nH]c3=O)[C@H](O)[C@@H]2O)[C@@H](COP(=O)(O)OP(=O)(O)OP(=O)(O)OC[C@H]2O[C@@H](n3c[n+](C)c4c(=O)[nH]c(N)nc43)[C@H](O)[C@@H]2CNC(=O)NCc2ccccc2)O[C@H]1n1cnc2c(N)ncnc21. The molecule has 452 valence electrons. The van der Waals surface area contributed by atoms with Crippen LogP contribution in [-0.4, -0.2) is 162 Å². The molecule has 0 saturated carbocycles. The van der Waals surface area contributed by atoms with E-state index in [1.807, 2.05) is 4.98 Å². The molecule has 3 saturated heterocycles. The van der Waals surface area contributed by atoms with Crippen molar-refractivity contribution >= 4 is 71.4 Å². The fourth-order valence-corrected chi connectivity index (χ4v) is 13.6. The first-order valence-electron chi connectivity index (χ1n) is 24.1. The third-order valence-corrected chi connectivity index (χ3v) is 18.1. The number of ether oxygens (including phenoxy) is 4. The van der Waals surface area contributed by atoms with Crippen LogP contribution in [0.3, 0.4) is 0 Å². The van der Waals surface area contributed by atoms with Gasteiger partial charge in [0, 0.05) is 38.4 Å². The number of phosphoric ester groups is 3. The number of amides is 2. The summed E-state index contributed by atoms with van der Waals surface area (Å²) in [5.41, 5.74) is 9.85. The maximum Gasteiger partial charge on any atom is 0.490 e. The van der Waals surface area contributed by atoms with Gasteiger partial charge in [0.2, 0.25) is 18.5 Å². The van der Waals surface area contributed by atoms with E-state index >= 15 is 0 Å². The van der Waals surface area contributed by atoms with Gasteiger partial charge in [-0.1, -0.05) is 30.3 Å². The van der Waals surface area contributed by atoms with Crippen molar-refractivity contribution in [3.05, 3.63) is 98.3 Å². The molecule has 0 bridgehead atoms. The molecule has 4 unspecified atom stereocenters. The summed E-state index contributed by atoms with van der Waals surface area (Å²) in [6, 6.07) is 8.94. The van der Waals surface area contributed by atoms with Crippen LogP contribution in [0.2, 0.25) is 0 Å². The van der Waals surface area contributed by atoms with Gasteiger partial charge < -0.3 is 85.0 Å². The molecule has 3 aliphatic rings. The van der Waals surface area contributed by atoms with Crippen molar-refractivity contribution < 1.29 is 108 Å². The highest BCUT2D eigenvalue weighted by Gasteiger charge is 2.53. The van der Waals surface area contributed by atoms with Gasteiger partial charge in [-0.3, -0.25) is 42.3 Å². The molecule has 0 radical (unpaired) electrons. The molecule has 3 fully saturated rings. The number of H-pyrrole nitrogens is 2. The molecular formula is C40H52N14O25P4. The number of benzene rings is 1. The Hall–Kier alpha value is -6.09. The molecule has 0 aliphatic carbocycles. The summed E-state index contributed by atoms with van der Waals surface area (Å²) >= 11 is 0. The predicted octanol–water partition coefficient (Wildman–Crippen LogP) is -3.75. The Bertz CT molecular complexity index is 3740. The van der Waals surface area contributed by atoms with E-state index in [1.165, 1.54) is 27.1 Å². The number of nitrogens with two attached hydrogens (primary N) is 2. The van der Waals surface area contributed by atoms with E-state index in [0.717, 1.165) is 37.6 Å². The zero-order chi connectivity index (χ0) is 59.9. The van der Waals surface area contributed by atoms with Gasteiger partial charge in [-0.05, 0) is 5.56 Å². The van der Waals surface area contributed by atoms with Crippen LogP contribution in [0.1, 0.15) is 24.2 Å². The van der Waals surface area contributed by atoms with Crippen LogP contribution >= 0.6 is 31.3 Å². The maximum atomic E-state index is 13.5. The number of rotatable bonds is 23. The van der Waals surface area contributed by atoms with Gasteiger partial charge in [0.15, 0.2) is 23.9 Å². The number of phosphoric acid groups is 4. The molecule has 43 heteroatoms. The van der Waals surface area contributed by atoms with Gasteiger partial charge in [-0.15, -0.1) is 0 Å².